The van der Waals surface area contributed by atoms with Crippen LogP contribution in [-0.4, -0.2) is 32.0 Å². The van der Waals surface area contributed by atoms with Crippen LogP contribution in [0.3, 0.4) is 0 Å². The van der Waals surface area contributed by atoms with Crippen LogP contribution < -0.4 is 21.1 Å². The molecule has 0 fully saturated rings. The monoisotopic (exact) mass is 285 g/mol. The lowest BCUT2D eigenvalue weighted by atomic mass is 10.2. The van der Waals surface area contributed by atoms with Crippen LogP contribution in [0, 0.1) is 0 Å². The van der Waals surface area contributed by atoms with Gasteiger partial charge in [-0.3, -0.25) is 9.59 Å². The van der Waals surface area contributed by atoms with Crippen molar-refractivity contribution < 1.29 is 14.3 Å². The number of hydrogen-bond donors (Lipinski definition) is 3. The van der Waals surface area contributed by atoms with Crippen LogP contribution in [0.15, 0.2) is 18.2 Å². The minimum absolute atomic E-state index is 0.122. The predicted molar refractivity (Wildman–Crippen MR) is 71.9 cm³/mol. The fourth-order valence-electron chi connectivity index (χ4n) is 1.40. The maximum absolute atomic E-state index is 11.5. The molecule has 0 aromatic heterocycles. The van der Waals surface area contributed by atoms with Gasteiger partial charge in [0.25, 0.3) is 0 Å². The number of amides is 2. The Balaban J connectivity index is 2.53. The van der Waals surface area contributed by atoms with Crippen molar-refractivity contribution in [3.8, 4) is 5.75 Å². The minimum atomic E-state index is -0.384. The van der Waals surface area contributed by atoms with E-state index in [1.165, 1.54) is 7.11 Å². The smallest absolute Gasteiger partial charge is 0.239 e. The van der Waals surface area contributed by atoms with E-state index in [2.05, 4.69) is 10.6 Å². The third kappa shape index (κ3) is 4.76. The van der Waals surface area contributed by atoms with Gasteiger partial charge in [0.2, 0.25) is 11.8 Å². The Morgan fingerprint density at radius 1 is 1.32 bits per heavy atom. The molecule has 7 heteroatoms. The molecular weight excluding hydrogens is 270 g/mol. The van der Waals surface area contributed by atoms with Crippen molar-refractivity contribution in [2.75, 3.05) is 20.2 Å². The minimum Gasteiger partial charge on any atom is -0.496 e. The predicted octanol–water partition coefficient (Wildman–Crippen LogP) is 0.0397. The van der Waals surface area contributed by atoms with E-state index in [1.807, 2.05) is 0 Å². The lowest BCUT2D eigenvalue weighted by Crippen LogP contribution is -2.39. The molecule has 0 bridgehead atoms. The summed E-state index contributed by atoms with van der Waals surface area (Å²) < 4.78 is 5.15. The number of carbonyl (C=O) groups is 2. The second-order valence-corrected chi connectivity index (χ2v) is 4.09. The number of benzene rings is 1. The number of halogens is 1. The highest BCUT2D eigenvalue weighted by Gasteiger charge is 2.09. The molecule has 1 rings (SSSR count). The van der Waals surface area contributed by atoms with E-state index in [-0.39, 0.29) is 31.4 Å². The number of rotatable bonds is 6. The third-order valence-corrected chi connectivity index (χ3v) is 2.74. The third-order valence-electron chi connectivity index (χ3n) is 2.39. The molecule has 0 radical (unpaired) electrons. The second-order valence-electron chi connectivity index (χ2n) is 3.68. The summed E-state index contributed by atoms with van der Waals surface area (Å²) in [5.41, 5.74) is 5.79. The molecule has 2 amide bonds. The highest BCUT2D eigenvalue weighted by Crippen LogP contribution is 2.25. The fourth-order valence-corrected chi connectivity index (χ4v) is 1.63. The molecule has 104 valence electrons. The molecule has 1 aromatic carbocycles. The zero-order valence-corrected chi connectivity index (χ0v) is 11.3. The van der Waals surface area contributed by atoms with Gasteiger partial charge in [-0.15, -0.1) is 0 Å². The topological polar surface area (TPSA) is 93.5 Å². The molecule has 0 spiro atoms. The van der Waals surface area contributed by atoms with Crippen LogP contribution in [0.5, 0.6) is 5.75 Å². The Kier molecular flexibility index (Phi) is 6.11. The first-order valence-electron chi connectivity index (χ1n) is 5.63. The summed E-state index contributed by atoms with van der Waals surface area (Å²) >= 11 is 6.02. The number of nitrogens with one attached hydrogen (secondary N) is 2. The Morgan fingerprint density at radius 2 is 2.05 bits per heavy atom. The summed E-state index contributed by atoms with van der Waals surface area (Å²) in [6.07, 6.45) is 0. The zero-order chi connectivity index (χ0) is 14.3. The van der Waals surface area contributed by atoms with Gasteiger partial charge in [0.1, 0.15) is 5.75 Å². The molecule has 6 nitrogen and oxygen atoms in total. The quantitative estimate of drug-likeness (QED) is 0.688. The summed E-state index contributed by atoms with van der Waals surface area (Å²) in [6.45, 7) is -0.0470. The van der Waals surface area contributed by atoms with Crippen LogP contribution in [0.4, 0.5) is 0 Å². The van der Waals surface area contributed by atoms with Crippen LogP contribution in [0.2, 0.25) is 5.02 Å². The Bertz CT molecular complexity index is 466. The van der Waals surface area contributed by atoms with Crippen molar-refractivity contribution in [2.45, 2.75) is 6.54 Å². The SMILES string of the molecule is COc1cccc(Cl)c1CNC(=O)CNC(=O)CN. The Labute approximate surface area is 116 Å². The lowest BCUT2D eigenvalue weighted by molar-refractivity contribution is -0.125. The van der Waals surface area contributed by atoms with E-state index in [9.17, 15) is 9.59 Å². The Hall–Kier alpha value is -1.79. The van der Waals surface area contributed by atoms with Crippen LogP contribution in [0.1, 0.15) is 5.56 Å². The average Bonchev–Trinajstić information content (AvgIpc) is 2.42. The molecule has 0 heterocycles. The van der Waals surface area contributed by atoms with Crippen LogP contribution >= 0.6 is 11.6 Å². The second kappa shape index (κ2) is 7.60. The highest BCUT2D eigenvalue weighted by molar-refractivity contribution is 6.31. The van der Waals surface area contributed by atoms with Gasteiger partial charge in [-0.25, -0.2) is 0 Å². The number of methoxy groups -OCH3 is 1. The summed E-state index contributed by atoms with van der Waals surface area (Å²) in [7, 11) is 1.53. The Morgan fingerprint density at radius 3 is 2.68 bits per heavy atom. The van der Waals surface area contributed by atoms with E-state index in [1.54, 1.807) is 18.2 Å². The van der Waals surface area contributed by atoms with E-state index in [4.69, 9.17) is 22.1 Å². The first-order chi connectivity index (χ1) is 9.08. The molecular formula is C12H16ClN3O3. The van der Waals surface area contributed by atoms with Gasteiger partial charge in [-0.2, -0.15) is 0 Å². The van der Waals surface area contributed by atoms with E-state index < -0.39 is 0 Å². The van der Waals surface area contributed by atoms with E-state index >= 15 is 0 Å². The zero-order valence-electron chi connectivity index (χ0n) is 10.5. The molecule has 1 aromatic rings. The molecule has 0 unspecified atom stereocenters. The van der Waals surface area contributed by atoms with Gasteiger partial charge in [-0.1, -0.05) is 17.7 Å². The lowest BCUT2D eigenvalue weighted by Gasteiger charge is -2.11. The maximum atomic E-state index is 11.5. The molecule has 4 N–H and O–H groups in total. The summed E-state index contributed by atoms with van der Waals surface area (Å²) in [4.78, 5) is 22.4. The molecule has 0 saturated carbocycles. The van der Waals surface area contributed by atoms with E-state index in [0.717, 1.165) is 0 Å². The van der Waals surface area contributed by atoms with Gasteiger partial charge in [0.05, 0.1) is 20.2 Å². The fraction of sp³-hybridized carbons (Fsp3) is 0.333. The summed E-state index contributed by atoms with van der Waals surface area (Å²) in [5, 5.41) is 5.51. The molecule has 19 heavy (non-hydrogen) atoms. The first-order valence-corrected chi connectivity index (χ1v) is 6.01. The molecule has 0 atom stereocenters. The standard InChI is InChI=1S/C12H16ClN3O3/c1-19-10-4-2-3-9(13)8(10)6-15-12(18)7-16-11(17)5-14/h2-4H,5-7,14H2,1H3,(H,15,18)(H,16,17). The van der Waals surface area contributed by atoms with Gasteiger partial charge < -0.3 is 21.1 Å². The van der Waals surface area contributed by atoms with Crippen molar-refractivity contribution in [3.05, 3.63) is 28.8 Å². The number of ether oxygens (including phenoxy) is 1. The summed E-state index contributed by atoms with van der Waals surface area (Å²) in [6, 6.07) is 5.22. The number of nitrogens with two attached hydrogens (primary N) is 1. The highest BCUT2D eigenvalue weighted by atomic mass is 35.5. The molecule has 0 aliphatic heterocycles. The van der Waals surface area contributed by atoms with Crippen molar-refractivity contribution in [2.24, 2.45) is 5.73 Å². The molecule has 0 aliphatic rings. The van der Waals surface area contributed by atoms with Gasteiger partial charge in [0, 0.05) is 17.1 Å². The van der Waals surface area contributed by atoms with Crippen molar-refractivity contribution in [1.82, 2.24) is 10.6 Å². The maximum Gasteiger partial charge on any atom is 0.239 e. The number of hydrogen-bond acceptors (Lipinski definition) is 4. The average molecular weight is 286 g/mol. The van der Waals surface area contributed by atoms with Crippen LogP contribution in [-0.2, 0) is 16.1 Å². The van der Waals surface area contributed by atoms with Gasteiger partial charge in [-0.05, 0) is 12.1 Å². The van der Waals surface area contributed by atoms with Crippen molar-refractivity contribution >= 4 is 23.4 Å². The molecule has 0 aliphatic carbocycles. The normalized spacial score (nSPS) is 9.84. The van der Waals surface area contributed by atoms with Gasteiger partial charge >= 0.3 is 0 Å². The van der Waals surface area contributed by atoms with Crippen molar-refractivity contribution in [3.63, 3.8) is 0 Å². The first kappa shape index (κ1) is 15.3. The number of carbonyl (C=O) groups excluding carboxylic acids is 2. The molecule has 0 saturated heterocycles. The van der Waals surface area contributed by atoms with Crippen molar-refractivity contribution in [1.29, 1.82) is 0 Å². The van der Waals surface area contributed by atoms with E-state index in [0.29, 0.717) is 16.3 Å². The summed E-state index contributed by atoms with van der Waals surface area (Å²) in [5.74, 6) is -0.118. The van der Waals surface area contributed by atoms with Crippen LogP contribution in [0.25, 0.3) is 0 Å². The van der Waals surface area contributed by atoms with Gasteiger partial charge in [0.15, 0.2) is 0 Å². The largest absolute Gasteiger partial charge is 0.496 e.